The number of hydrogen-bond acceptors (Lipinski definition) is 3. The Bertz CT molecular complexity index is 773. The fourth-order valence-electron chi connectivity index (χ4n) is 3.62. The fraction of sp³-hybridized carbons (Fsp3) is 0.364. The molecule has 0 saturated carbocycles. The Morgan fingerprint density at radius 2 is 1.78 bits per heavy atom. The highest BCUT2D eigenvalue weighted by Gasteiger charge is 2.37. The summed E-state index contributed by atoms with van der Waals surface area (Å²) in [6.45, 7) is 2.82. The molecule has 2 aromatic rings. The molecule has 1 saturated heterocycles. The van der Waals surface area contributed by atoms with Gasteiger partial charge in [-0.3, -0.25) is 9.59 Å². The van der Waals surface area contributed by atoms with E-state index < -0.39 is 5.60 Å². The zero-order valence-electron chi connectivity index (χ0n) is 15.9. The first kappa shape index (κ1) is 19.1. The van der Waals surface area contributed by atoms with Crippen LogP contribution in [0.2, 0.25) is 0 Å². The van der Waals surface area contributed by atoms with E-state index >= 15 is 0 Å². The van der Waals surface area contributed by atoms with E-state index in [4.69, 9.17) is 4.74 Å². The zero-order chi connectivity index (χ0) is 19.3. The van der Waals surface area contributed by atoms with Crippen molar-refractivity contribution >= 4 is 17.5 Å². The number of hydrogen-bond donors (Lipinski definition) is 1. The smallest absolute Gasteiger partial charge is 0.227 e. The van der Waals surface area contributed by atoms with Crippen LogP contribution in [0.25, 0.3) is 0 Å². The predicted octanol–water partition coefficient (Wildman–Crippen LogP) is 3.11. The SMILES string of the molecule is CCC(CNC(=O)C1CC(=O)N(c2ccccc2)C1)(OC)c1ccccc1. The van der Waals surface area contributed by atoms with E-state index in [1.807, 2.05) is 67.6 Å². The minimum Gasteiger partial charge on any atom is -0.372 e. The third-order valence-electron chi connectivity index (χ3n) is 5.37. The minimum absolute atomic E-state index is 0.0158. The van der Waals surface area contributed by atoms with Crippen LogP contribution in [0.15, 0.2) is 60.7 Å². The summed E-state index contributed by atoms with van der Waals surface area (Å²) in [6, 6.07) is 19.4. The van der Waals surface area contributed by atoms with Gasteiger partial charge >= 0.3 is 0 Å². The molecule has 5 nitrogen and oxygen atoms in total. The van der Waals surface area contributed by atoms with Crippen LogP contribution in [-0.2, 0) is 19.9 Å². The lowest BCUT2D eigenvalue weighted by atomic mass is 9.90. The summed E-state index contributed by atoms with van der Waals surface area (Å²) in [5.41, 5.74) is 1.30. The summed E-state index contributed by atoms with van der Waals surface area (Å²) in [6.07, 6.45) is 0.964. The van der Waals surface area contributed by atoms with Gasteiger partial charge in [-0.1, -0.05) is 55.5 Å². The van der Waals surface area contributed by atoms with Gasteiger partial charge in [-0.2, -0.15) is 0 Å². The topological polar surface area (TPSA) is 58.6 Å². The molecule has 0 bridgehead atoms. The van der Waals surface area contributed by atoms with Crippen molar-refractivity contribution in [2.24, 2.45) is 5.92 Å². The Morgan fingerprint density at radius 3 is 2.37 bits per heavy atom. The largest absolute Gasteiger partial charge is 0.372 e. The number of benzene rings is 2. The number of anilines is 1. The molecule has 0 aromatic heterocycles. The zero-order valence-corrected chi connectivity index (χ0v) is 15.9. The molecule has 1 fully saturated rings. The van der Waals surface area contributed by atoms with Gasteiger partial charge in [0.2, 0.25) is 11.8 Å². The van der Waals surface area contributed by atoms with Crippen molar-refractivity contribution in [1.82, 2.24) is 5.32 Å². The fourth-order valence-corrected chi connectivity index (χ4v) is 3.62. The summed E-state index contributed by atoms with van der Waals surface area (Å²) in [7, 11) is 1.67. The van der Waals surface area contributed by atoms with E-state index in [9.17, 15) is 9.59 Å². The molecule has 1 N–H and O–H groups in total. The van der Waals surface area contributed by atoms with E-state index in [1.165, 1.54) is 0 Å². The number of nitrogens with one attached hydrogen (secondary N) is 1. The first-order chi connectivity index (χ1) is 13.1. The molecule has 2 aromatic carbocycles. The molecular formula is C22H26N2O3. The first-order valence-corrected chi connectivity index (χ1v) is 9.33. The highest BCUT2D eigenvalue weighted by Crippen LogP contribution is 2.29. The van der Waals surface area contributed by atoms with E-state index in [0.29, 0.717) is 13.1 Å². The van der Waals surface area contributed by atoms with Crippen LogP contribution >= 0.6 is 0 Å². The Morgan fingerprint density at radius 1 is 1.15 bits per heavy atom. The van der Waals surface area contributed by atoms with Crippen molar-refractivity contribution in [3.8, 4) is 0 Å². The van der Waals surface area contributed by atoms with Crippen molar-refractivity contribution in [3.05, 3.63) is 66.2 Å². The average Bonchev–Trinajstić information content (AvgIpc) is 3.12. The molecule has 2 unspecified atom stereocenters. The Balaban J connectivity index is 1.66. The number of methoxy groups -OCH3 is 1. The Labute approximate surface area is 160 Å². The van der Waals surface area contributed by atoms with Crippen molar-refractivity contribution in [2.45, 2.75) is 25.4 Å². The van der Waals surface area contributed by atoms with Crippen LogP contribution < -0.4 is 10.2 Å². The second-order valence-corrected chi connectivity index (χ2v) is 6.88. The summed E-state index contributed by atoms with van der Waals surface area (Å²) in [4.78, 5) is 26.8. The van der Waals surface area contributed by atoms with Crippen LogP contribution in [0, 0.1) is 5.92 Å². The normalized spacial score (nSPS) is 19.0. The van der Waals surface area contributed by atoms with E-state index in [-0.39, 0.29) is 24.2 Å². The molecule has 0 spiro atoms. The van der Waals surface area contributed by atoms with Crippen LogP contribution in [0.5, 0.6) is 0 Å². The maximum Gasteiger partial charge on any atom is 0.227 e. The van der Waals surface area contributed by atoms with Gasteiger partial charge < -0.3 is 15.0 Å². The molecule has 0 radical (unpaired) electrons. The van der Waals surface area contributed by atoms with Gasteiger partial charge in [-0.25, -0.2) is 0 Å². The number of carbonyl (C=O) groups is 2. The van der Waals surface area contributed by atoms with Crippen LogP contribution in [-0.4, -0.2) is 32.0 Å². The number of ether oxygens (including phenoxy) is 1. The van der Waals surface area contributed by atoms with Gasteiger partial charge in [0.15, 0.2) is 0 Å². The molecule has 0 aliphatic carbocycles. The molecule has 3 rings (SSSR count). The molecule has 2 amide bonds. The van der Waals surface area contributed by atoms with Gasteiger partial charge in [0, 0.05) is 25.8 Å². The van der Waals surface area contributed by atoms with Crippen molar-refractivity contribution in [2.75, 3.05) is 25.1 Å². The van der Waals surface area contributed by atoms with Crippen molar-refractivity contribution in [1.29, 1.82) is 0 Å². The van der Waals surface area contributed by atoms with Crippen LogP contribution in [0.4, 0.5) is 5.69 Å². The lowest BCUT2D eigenvalue weighted by Crippen LogP contribution is -2.44. The highest BCUT2D eigenvalue weighted by atomic mass is 16.5. The van der Waals surface area contributed by atoms with Gasteiger partial charge in [-0.15, -0.1) is 0 Å². The Hall–Kier alpha value is -2.66. The van der Waals surface area contributed by atoms with Crippen LogP contribution in [0.1, 0.15) is 25.3 Å². The number of nitrogens with zero attached hydrogens (tertiary/aromatic N) is 1. The van der Waals surface area contributed by atoms with Crippen LogP contribution in [0.3, 0.4) is 0 Å². The lowest BCUT2D eigenvalue weighted by molar-refractivity contribution is -0.127. The molecule has 1 aliphatic rings. The molecular weight excluding hydrogens is 340 g/mol. The van der Waals surface area contributed by atoms with Gasteiger partial charge in [0.05, 0.1) is 12.5 Å². The summed E-state index contributed by atoms with van der Waals surface area (Å²) in [5.74, 6) is -0.467. The maximum absolute atomic E-state index is 12.7. The molecule has 27 heavy (non-hydrogen) atoms. The van der Waals surface area contributed by atoms with E-state index in [1.54, 1.807) is 12.0 Å². The number of amides is 2. The third-order valence-corrected chi connectivity index (χ3v) is 5.37. The Kier molecular flexibility index (Phi) is 5.91. The van der Waals surface area contributed by atoms with E-state index in [0.717, 1.165) is 17.7 Å². The second kappa shape index (κ2) is 8.35. The van der Waals surface area contributed by atoms with Crippen molar-refractivity contribution in [3.63, 3.8) is 0 Å². The lowest BCUT2D eigenvalue weighted by Gasteiger charge is -2.32. The summed E-state index contributed by atoms with van der Waals surface area (Å²) >= 11 is 0. The number of para-hydroxylation sites is 1. The first-order valence-electron chi connectivity index (χ1n) is 9.33. The van der Waals surface area contributed by atoms with E-state index in [2.05, 4.69) is 5.32 Å². The molecule has 2 atom stereocenters. The third kappa shape index (κ3) is 4.03. The standard InChI is InChI=1S/C22H26N2O3/c1-3-22(27-2,18-10-6-4-7-11-18)16-23-21(26)17-14-20(25)24(15-17)19-12-8-5-9-13-19/h4-13,17H,3,14-16H2,1-2H3,(H,23,26). The predicted molar refractivity (Wildman–Crippen MR) is 105 cm³/mol. The minimum atomic E-state index is -0.571. The summed E-state index contributed by atoms with van der Waals surface area (Å²) in [5, 5.41) is 3.02. The monoisotopic (exact) mass is 366 g/mol. The average molecular weight is 366 g/mol. The summed E-state index contributed by atoms with van der Waals surface area (Å²) < 4.78 is 5.81. The van der Waals surface area contributed by atoms with Gasteiger partial charge in [0.25, 0.3) is 0 Å². The number of carbonyl (C=O) groups excluding carboxylic acids is 2. The van der Waals surface area contributed by atoms with Gasteiger partial charge in [-0.05, 0) is 24.1 Å². The van der Waals surface area contributed by atoms with Crippen molar-refractivity contribution < 1.29 is 14.3 Å². The van der Waals surface area contributed by atoms with Gasteiger partial charge in [0.1, 0.15) is 5.60 Å². The molecule has 142 valence electrons. The highest BCUT2D eigenvalue weighted by molar-refractivity contribution is 6.00. The molecule has 5 heteroatoms. The quantitative estimate of drug-likeness (QED) is 0.819. The molecule has 1 heterocycles. The number of rotatable bonds is 7. The molecule has 1 aliphatic heterocycles. The second-order valence-electron chi connectivity index (χ2n) is 6.88. The maximum atomic E-state index is 12.7.